The summed E-state index contributed by atoms with van der Waals surface area (Å²) in [6.45, 7) is 1.94. The lowest BCUT2D eigenvalue weighted by atomic mass is 10.2. The number of nitrogens with one attached hydrogen (secondary N) is 1. The van der Waals surface area contributed by atoms with Crippen molar-refractivity contribution in [1.29, 1.82) is 0 Å². The standard InChI is InChI=1S/C13H18BrN3S/c1-17(10-3-4-10)7-6-16-12-8-9(14)2-5-11(12)13(15)18/h2,5,8,10,16H,3-4,6-7H2,1H3,(H2,15,18). The molecule has 3 nitrogen and oxygen atoms in total. The Bertz CT molecular complexity index is 446. The summed E-state index contributed by atoms with van der Waals surface area (Å²) >= 11 is 8.52. The fourth-order valence-corrected chi connectivity index (χ4v) is 2.48. The normalized spacial score (nSPS) is 14.8. The van der Waals surface area contributed by atoms with E-state index in [1.54, 1.807) is 0 Å². The first-order chi connectivity index (χ1) is 8.58. The highest BCUT2D eigenvalue weighted by Gasteiger charge is 2.25. The maximum Gasteiger partial charge on any atom is 0.106 e. The van der Waals surface area contributed by atoms with Gasteiger partial charge in [0.15, 0.2) is 0 Å². The van der Waals surface area contributed by atoms with Crippen molar-refractivity contribution in [3.63, 3.8) is 0 Å². The van der Waals surface area contributed by atoms with E-state index in [0.29, 0.717) is 4.99 Å². The average Bonchev–Trinajstić information content (AvgIpc) is 3.12. The molecule has 0 bridgehead atoms. The highest BCUT2D eigenvalue weighted by molar-refractivity contribution is 9.10. The summed E-state index contributed by atoms with van der Waals surface area (Å²) in [4.78, 5) is 2.83. The fraction of sp³-hybridized carbons (Fsp3) is 0.462. The van der Waals surface area contributed by atoms with E-state index in [2.05, 4.69) is 33.2 Å². The van der Waals surface area contributed by atoms with Crippen molar-refractivity contribution in [2.24, 2.45) is 5.73 Å². The summed E-state index contributed by atoms with van der Waals surface area (Å²) in [5, 5.41) is 3.41. The number of anilines is 1. The summed E-state index contributed by atoms with van der Waals surface area (Å²) in [5.41, 5.74) is 7.63. The van der Waals surface area contributed by atoms with Crippen molar-refractivity contribution in [3.8, 4) is 0 Å². The van der Waals surface area contributed by atoms with E-state index in [-0.39, 0.29) is 0 Å². The quantitative estimate of drug-likeness (QED) is 0.788. The zero-order valence-corrected chi connectivity index (χ0v) is 12.9. The Morgan fingerprint density at radius 2 is 2.28 bits per heavy atom. The molecule has 3 N–H and O–H groups in total. The lowest BCUT2D eigenvalue weighted by Crippen LogP contribution is -2.27. The molecule has 0 aliphatic heterocycles. The molecule has 1 saturated carbocycles. The minimum atomic E-state index is 0.431. The van der Waals surface area contributed by atoms with Crippen LogP contribution >= 0.6 is 28.1 Å². The number of rotatable bonds is 6. The second-order valence-electron chi connectivity index (χ2n) is 4.69. The molecule has 0 radical (unpaired) electrons. The summed E-state index contributed by atoms with van der Waals surface area (Å²) < 4.78 is 1.03. The molecule has 0 saturated heterocycles. The molecule has 0 heterocycles. The first-order valence-electron chi connectivity index (χ1n) is 6.11. The lowest BCUT2D eigenvalue weighted by Gasteiger charge is -2.17. The highest BCUT2D eigenvalue weighted by atomic mass is 79.9. The zero-order valence-electron chi connectivity index (χ0n) is 10.4. The smallest absolute Gasteiger partial charge is 0.106 e. The van der Waals surface area contributed by atoms with Crippen LogP contribution < -0.4 is 11.1 Å². The van der Waals surface area contributed by atoms with Crippen LogP contribution in [-0.2, 0) is 0 Å². The molecule has 1 aromatic rings. The van der Waals surface area contributed by atoms with Crippen molar-refractivity contribution < 1.29 is 0 Å². The summed E-state index contributed by atoms with van der Waals surface area (Å²) in [6, 6.07) is 6.71. The van der Waals surface area contributed by atoms with Crippen LogP contribution in [-0.4, -0.2) is 36.1 Å². The van der Waals surface area contributed by atoms with Crippen molar-refractivity contribution in [1.82, 2.24) is 4.90 Å². The van der Waals surface area contributed by atoms with Crippen LogP contribution in [0.2, 0.25) is 0 Å². The Balaban J connectivity index is 1.94. The number of hydrogen-bond donors (Lipinski definition) is 2. The van der Waals surface area contributed by atoms with Gasteiger partial charge in [-0.3, -0.25) is 0 Å². The van der Waals surface area contributed by atoms with Gasteiger partial charge in [0.1, 0.15) is 4.99 Å². The van der Waals surface area contributed by atoms with E-state index in [1.165, 1.54) is 12.8 Å². The maximum absolute atomic E-state index is 5.72. The molecule has 2 rings (SSSR count). The van der Waals surface area contributed by atoms with E-state index < -0.39 is 0 Å². The average molecular weight is 328 g/mol. The summed E-state index contributed by atoms with van der Waals surface area (Å²) in [5.74, 6) is 0. The van der Waals surface area contributed by atoms with Gasteiger partial charge in [-0.15, -0.1) is 0 Å². The molecule has 1 aliphatic rings. The largest absolute Gasteiger partial charge is 0.389 e. The van der Waals surface area contributed by atoms with Gasteiger partial charge in [0, 0.05) is 34.9 Å². The van der Waals surface area contributed by atoms with Crippen LogP contribution in [0, 0.1) is 0 Å². The highest BCUT2D eigenvalue weighted by Crippen LogP contribution is 2.25. The molecule has 1 aromatic carbocycles. The second-order valence-corrected chi connectivity index (χ2v) is 6.05. The number of halogens is 1. The molecule has 18 heavy (non-hydrogen) atoms. The molecular formula is C13H18BrN3S. The Labute approximate surface area is 122 Å². The van der Waals surface area contributed by atoms with E-state index in [9.17, 15) is 0 Å². The topological polar surface area (TPSA) is 41.3 Å². The number of likely N-dealkylation sites (N-methyl/N-ethyl adjacent to an activating group) is 1. The van der Waals surface area contributed by atoms with Crippen molar-refractivity contribution in [2.75, 3.05) is 25.5 Å². The summed E-state index contributed by atoms with van der Waals surface area (Å²) in [7, 11) is 2.18. The van der Waals surface area contributed by atoms with Crippen LogP contribution in [0.3, 0.4) is 0 Å². The number of nitrogens with zero attached hydrogens (tertiary/aromatic N) is 1. The Morgan fingerprint density at radius 1 is 1.56 bits per heavy atom. The molecule has 0 aromatic heterocycles. The molecule has 0 unspecified atom stereocenters. The maximum atomic E-state index is 5.72. The molecule has 98 valence electrons. The van der Waals surface area contributed by atoms with Gasteiger partial charge in [0.05, 0.1) is 0 Å². The first kappa shape index (κ1) is 13.8. The van der Waals surface area contributed by atoms with Gasteiger partial charge in [-0.05, 0) is 38.1 Å². The molecule has 0 atom stereocenters. The van der Waals surface area contributed by atoms with Crippen LogP contribution in [0.1, 0.15) is 18.4 Å². The monoisotopic (exact) mass is 327 g/mol. The Morgan fingerprint density at radius 3 is 2.89 bits per heavy atom. The molecule has 5 heteroatoms. The number of nitrogens with two attached hydrogens (primary N) is 1. The Kier molecular flexibility index (Phi) is 4.59. The van der Waals surface area contributed by atoms with Crippen molar-refractivity contribution in [2.45, 2.75) is 18.9 Å². The fourth-order valence-electron chi connectivity index (χ4n) is 1.94. The number of benzene rings is 1. The van der Waals surface area contributed by atoms with Gasteiger partial charge in [-0.1, -0.05) is 28.1 Å². The van der Waals surface area contributed by atoms with Gasteiger partial charge < -0.3 is 16.0 Å². The SMILES string of the molecule is CN(CCNc1cc(Br)ccc1C(N)=S)C1CC1. The van der Waals surface area contributed by atoms with Gasteiger partial charge in [0.25, 0.3) is 0 Å². The minimum absolute atomic E-state index is 0.431. The van der Waals surface area contributed by atoms with E-state index >= 15 is 0 Å². The molecule has 0 amide bonds. The predicted octanol–water partition coefficient (Wildman–Crippen LogP) is 2.59. The lowest BCUT2D eigenvalue weighted by molar-refractivity contribution is 0.337. The zero-order chi connectivity index (χ0) is 13.1. The molecule has 1 fully saturated rings. The predicted molar refractivity (Wildman–Crippen MR) is 84.2 cm³/mol. The number of hydrogen-bond acceptors (Lipinski definition) is 3. The molecule has 0 spiro atoms. The molecular weight excluding hydrogens is 310 g/mol. The van der Waals surface area contributed by atoms with Crippen molar-refractivity contribution in [3.05, 3.63) is 28.2 Å². The van der Waals surface area contributed by atoms with Crippen LogP contribution in [0.4, 0.5) is 5.69 Å². The number of thiocarbonyl (C=S) groups is 1. The van der Waals surface area contributed by atoms with E-state index in [0.717, 1.165) is 34.9 Å². The van der Waals surface area contributed by atoms with Crippen LogP contribution in [0.5, 0.6) is 0 Å². The minimum Gasteiger partial charge on any atom is -0.389 e. The second kappa shape index (κ2) is 5.99. The Hall–Kier alpha value is -0.650. The van der Waals surface area contributed by atoms with Crippen LogP contribution in [0.25, 0.3) is 0 Å². The van der Waals surface area contributed by atoms with Gasteiger partial charge >= 0.3 is 0 Å². The van der Waals surface area contributed by atoms with Gasteiger partial charge in [-0.2, -0.15) is 0 Å². The van der Waals surface area contributed by atoms with Crippen LogP contribution in [0.15, 0.2) is 22.7 Å². The molecule has 1 aliphatic carbocycles. The van der Waals surface area contributed by atoms with Gasteiger partial charge in [-0.25, -0.2) is 0 Å². The summed E-state index contributed by atoms with van der Waals surface area (Å²) in [6.07, 6.45) is 2.68. The third-order valence-corrected chi connectivity index (χ3v) is 3.91. The third-order valence-electron chi connectivity index (χ3n) is 3.20. The van der Waals surface area contributed by atoms with E-state index in [4.69, 9.17) is 18.0 Å². The third kappa shape index (κ3) is 3.67. The van der Waals surface area contributed by atoms with Gasteiger partial charge in [0.2, 0.25) is 0 Å². The van der Waals surface area contributed by atoms with Crippen molar-refractivity contribution >= 4 is 38.8 Å². The first-order valence-corrected chi connectivity index (χ1v) is 7.31. The van der Waals surface area contributed by atoms with E-state index in [1.807, 2.05) is 18.2 Å².